The number of pyridine rings is 1. The van der Waals surface area contributed by atoms with Gasteiger partial charge in [-0.3, -0.25) is 19.5 Å². The molecule has 0 unspecified atom stereocenters. The number of carboxylic acid groups (broad SMARTS) is 1. The summed E-state index contributed by atoms with van der Waals surface area (Å²) in [7, 11) is -4.01. The largest absolute Gasteiger partial charge is 0.480 e. The number of carbonyl (C=O) groups excluding carboxylic acids is 1. The smallest absolute Gasteiger partial charge is 0.326 e. The predicted octanol–water partition coefficient (Wildman–Crippen LogP) is 1.97. The van der Waals surface area contributed by atoms with E-state index in [-0.39, 0.29) is 34.4 Å². The van der Waals surface area contributed by atoms with E-state index in [1.54, 1.807) is 29.9 Å². The maximum atomic E-state index is 13.1. The van der Waals surface area contributed by atoms with Crippen LogP contribution in [-0.2, 0) is 27.7 Å². The molecule has 37 heavy (non-hydrogen) atoms. The number of anilines is 1. The first-order valence-corrected chi connectivity index (χ1v) is 13.7. The number of rotatable bonds is 13. The van der Waals surface area contributed by atoms with E-state index in [4.69, 9.17) is 11.5 Å². The van der Waals surface area contributed by atoms with Crippen LogP contribution < -0.4 is 21.5 Å². The van der Waals surface area contributed by atoms with Gasteiger partial charge in [0, 0.05) is 18.9 Å². The number of guanidine groups is 1. The summed E-state index contributed by atoms with van der Waals surface area (Å²) in [4.78, 5) is 32.4. The molecule has 0 saturated carbocycles. The minimum atomic E-state index is -4.01. The van der Waals surface area contributed by atoms with Crippen LogP contribution in [0.25, 0.3) is 0 Å². The van der Waals surface area contributed by atoms with Gasteiger partial charge >= 0.3 is 5.97 Å². The Morgan fingerprint density at radius 1 is 1.11 bits per heavy atom. The third-order valence-corrected chi connectivity index (χ3v) is 7.57. The first-order chi connectivity index (χ1) is 17.7. The van der Waals surface area contributed by atoms with Gasteiger partial charge in [0.05, 0.1) is 10.6 Å². The zero-order chi connectivity index (χ0) is 26.8. The summed E-state index contributed by atoms with van der Waals surface area (Å²) in [6.07, 6.45) is 5.21. The highest BCUT2D eigenvalue weighted by atomic mass is 32.2. The van der Waals surface area contributed by atoms with Crippen molar-refractivity contribution in [1.82, 2.24) is 10.3 Å². The summed E-state index contributed by atoms with van der Waals surface area (Å²) < 4.78 is 28.6. The highest BCUT2D eigenvalue weighted by Crippen LogP contribution is 2.26. The molecule has 0 aliphatic carbocycles. The van der Waals surface area contributed by atoms with Crippen molar-refractivity contribution in [1.29, 1.82) is 0 Å². The second kappa shape index (κ2) is 12.8. The van der Waals surface area contributed by atoms with E-state index in [1.165, 1.54) is 12.1 Å². The van der Waals surface area contributed by atoms with Gasteiger partial charge in [0.1, 0.15) is 10.9 Å². The van der Waals surface area contributed by atoms with Crippen LogP contribution in [0.4, 0.5) is 5.69 Å². The Morgan fingerprint density at radius 3 is 2.57 bits per heavy atom. The SMILES string of the molecule is NC(N)=NCCC[C@H](NC(=O)c1sccc1NS(=O)(=O)c1cccc(CCc2cccnc2)c1)C(=O)O. The molecule has 0 saturated heterocycles. The molecule has 11 nitrogen and oxygen atoms in total. The van der Waals surface area contributed by atoms with Gasteiger partial charge < -0.3 is 21.9 Å². The summed E-state index contributed by atoms with van der Waals surface area (Å²) in [6, 6.07) is 10.6. The van der Waals surface area contributed by atoms with Crippen LogP contribution in [0.3, 0.4) is 0 Å². The third kappa shape index (κ3) is 8.29. The average Bonchev–Trinajstić information content (AvgIpc) is 3.32. The molecule has 2 heterocycles. The molecule has 1 aromatic carbocycles. The third-order valence-electron chi connectivity index (χ3n) is 5.30. The van der Waals surface area contributed by atoms with E-state index in [0.717, 1.165) is 22.5 Å². The fourth-order valence-corrected chi connectivity index (χ4v) is 5.42. The number of thiophene rings is 1. The second-order valence-electron chi connectivity index (χ2n) is 8.09. The van der Waals surface area contributed by atoms with E-state index >= 15 is 0 Å². The Morgan fingerprint density at radius 2 is 1.86 bits per heavy atom. The second-order valence-corrected chi connectivity index (χ2v) is 10.7. The molecule has 0 fully saturated rings. The molecule has 0 spiro atoms. The van der Waals surface area contributed by atoms with E-state index in [2.05, 4.69) is 20.0 Å². The molecule has 0 aliphatic heterocycles. The number of nitrogens with two attached hydrogens (primary N) is 2. The molecular weight excluding hydrogens is 516 g/mol. The number of aryl methyl sites for hydroxylation is 2. The number of hydrogen-bond acceptors (Lipinski definition) is 7. The Bertz CT molecular complexity index is 1350. The van der Waals surface area contributed by atoms with Crippen molar-refractivity contribution >= 4 is 44.9 Å². The Labute approximate surface area is 218 Å². The Kier molecular flexibility index (Phi) is 9.57. The number of nitrogens with zero attached hydrogens (tertiary/aromatic N) is 2. The summed E-state index contributed by atoms with van der Waals surface area (Å²) in [5, 5.41) is 13.4. The fourth-order valence-electron chi connectivity index (χ4n) is 3.46. The molecule has 1 amide bonds. The number of benzene rings is 1. The number of aliphatic carboxylic acids is 1. The lowest BCUT2D eigenvalue weighted by Gasteiger charge is -2.15. The van der Waals surface area contributed by atoms with Gasteiger partial charge in [-0.05, 0) is 66.5 Å². The molecule has 0 aliphatic rings. The van der Waals surface area contributed by atoms with Gasteiger partial charge in [0.25, 0.3) is 15.9 Å². The molecule has 3 aromatic rings. The van der Waals surface area contributed by atoms with Crippen molar-refractivity contribution < 1.29 is 23.1 Å². The maximum Gasteiger partial charge on any atom is 0.326 e. The van der Waals surface area contributed by atoms with Crippen LogP contribution in [0.1, 0.15) is 33.6 Å². The van der Waals surface area contributed by atoms with E-state index in [9.17, 15) is 23.1 Å². The standard InChI is InChI=1S/C24H28N6O5S2/c25-24(26)28-12-3-7-20(23(32)33)29-22(31)21-19(10-13-36-21)30-37(34,35)18-6-1-4-16(14-18)8-9-17-5-2-11-27-15-17/h1-2,4-6,10-11,13-15,20,30H,3,7-9,12H2,(H,29,31)(H,32,33)(H4,25,26,28)/t20-/m0/s1. The predicted molar refractivity (Wildman–Crippen MR) is 142 cm³/mol. The Balaban J connectivity index is 1.68. The number of nitrogens with one attached hydrogen (secondary N) is 2. The maximum absolute atomic E-state index is 13.1. The average molecular weight is 545 g/mol. The summed E-state index contributed by atoms with van der Waals surface area (Å²) >= 11 is 0.996. The molecule has 1 atom stereocenters. The molecule has 0 radical (unpaired) electrons. The quantitative estimate of drug-likeness (QED) is 0.123. The molecule has 196 valence electrons. The van der Waals surface area contributed by atoms with Crippen molar-refractivity contribution in [2.75, 3.05) is 11.3 Å². The van der Waals surface area contributed by atoms with Crippen LogP contribution in [-0.4, -0.2) is 48.9 Å². The first-order valence-electron chi connectivity index (χ1n) is 11.3. The van der Waals surface area contributed by atoms with E-state index < -0.39 is 27.9 Å². The summed E-state index contributed by atoms with van der Waals surface area (Å²) in [5.41, 5.74) is 12.4. The van der Waals surface area contributed by atoms with Crippen LogP contribution >= 0.6 is 11.3 Å². The normalized spacial score (nSPS) is 11.9. The van der Waals surface area contributed by atoms with Gasteiger partial charge in [-0.25, -0.2) is 13.2 Å². The first kappa shape index (κ1) is 27.6. The summed E-state index contributed by atoms with van der Waals surface area (Å²) in [5.74, 6) is -2.03. The number of hydrogen-bond donors (Lipinski definition) is 5. The van der Waals surface area contributed by atoms with Crippen molar-refractivity contribution in [2.45, 2.75) is 36.6 Å². The molecule has 2 aromatic heterocycles. The lowest BCUT2D eigenvalue weighted by Crippen LogP contribution is -2.40. The Hall–Kier alpha value is -3.97. The van der Waals surface area contributed by atoms with Crippen molar-refractivity contribution in [3.05, 3.63) is 76.2 Å². The van der Waals surface area contributed by atoms with Crippen molar-refractivity contribution in [3.8, 4) is 0 Å². The van der Waals surface area contributed by atoms with Crippen molar-refractivity contribution in [2.24, 2.45) is 16.5 Å². The minimum Gasteiger partial charge on any atom is -0.480 e. The minimum absolute atomic E-state index is 0.0479. The number of sulfonamides is 1. The monoisotopic (exact) mass is 544 g/mol. The van der Waals surface area contributed by atoms with Crippen LogP contribution in [0.15, 0.2) is 70.1 Å². The number of amides is 1. The molecular formula is C24H28N6O5S2. The van der Waals surface area contributed by atoms with Gasteiger partial charge in [0.15, 0.2) is 5.96 Å². The number of aromatic nitrogens is 1. The molecule has 3 rings (SSSR count). The molecule has 0 bridgehead atoms. The lowest BCUT2D eigenvalue weighted by atomic mass is 10.1. The van der Waals surface area contributed by atoms with Crippen LogP contribution in [0.5, 0.6) is 0 Å². The van der Waals surface area contributed by atoms with Crippen LogP contribution in [0, 0.1) is 0 Å². The van der Waals surface area contributed by atoms with Gasteiger partial charge in [-0.2, -0.15) is 0 Å². The number of carboxylic acids is 1. The highest BCUT2D eigenvalue weighted by Gasteiger charge is 2.24. The number of aliphatic imine (C=N–C) groups is 1. The molecule has 13 heteroatoms. The molecule has 7 N–H and O–H groups in total. The topological polar surface area (TPSA) is 190 Å². The van der Waals surface area contributed by atoms with Crippen molar-refractivity contribution in [3.63, 3.8) is 0 Å². The van der Waals surface area contributed by atoms with Gasteiger partial charge in [-0.1, -0.05) is 18.2 Å². The lowest BCUT2D eigenvalue weighted by molar-refractivity contribution is -0.139. The summed E-state index contributed by atoms with van der Waals surface area (Å²) in [6.45, 7) is 0.216. The zero-order valence-electron chi connectivity index (χ0n) is 19.8. The van der Waals surface area contributed by atoms with Crippen LogP contribution in [0.2, 0.25) is 0 Å². The van der Waals surface area contributed by atoms with Gasteiger partial charge in [0.2, 0.25) is 0 Å². The fraction of sp³-hybridized carbons (Fsp3) is 0.250. The van der Waals surface area contributed by atoms with E-state index in [1.807, 2.05) is 18.2 Å². The van der Waals surface area contributed by atoms with Gasteiger partial charge in [-0.15, -0.1) is 11.3 Å². The number of carbonyl (C=O) groups is 2. The van der Waals surface area contributed by atoms with E-state index in [0.29, 0.717) is 19.3 Å². The zero-order valence-corrected chi connectivity index (χ0v) is 21.5. The highest BCUT2D eigenvalue weighted by molar-refractivity contribution is 7.92.